The van der Waals surface area contributed by atoms with Crippen LogP contribution in [0.4, 0.5) is 5.69 Å². The molecule has 11 nitrogen and oxygen atoms in total. The summed E-state index contributed by atoms with van der Waals surface area (Å²) in [5.74, 6) is 0. The Morgan fingerprint density at radius 2 is 1.36 bits per heavy atom. The van der Waals surface area contributed by atoms with E-state index >= 15 is 0 Å². The third-order valence-electron chi connectivity index (χ3n) is 1.79. The predicted molar refractivity (Wildman–Crippen MR) is 86.8 cm³/mol. The van der Waals surface area contributed by atoms with Crippen LogP contribution in [0.2, 0.25) is 0 Å². The SMILES string of the molecule is C(=Nc1ccccc1)c1ccccn1.CO.O=[N+]([O-])[O-].O=[N+]([O-])[O-].[Cu+2]. The molecule has 12 heteroatoms. The predicted octanol–water partition coefficient (Wildman–Crippen LogP) is 1.96. The molecule has 1 radical (unpaired) electrons. The van der Waals surface area contributed by atoms with Crippen molar-refractivity contribution in [3.05, 3.63) is 91.1 Å². The normalized spacial score (nSPS) is 8.08. The Bertz CT molecular complexity index is 538. The van der Waals surface area contributed by atoms with Gasteiger partial charge in [0.05, 0.1) is 27.8 Å². The first-order valence-electron chi connectivity index (χ1n) is 5.99. The molecule has 1 aromatic carbocycles. The van der Waals surface area contributed by atoms with Gasteiger partial charge in [0.1, 0.15) is 0 Å². The van der Waals surface area contributed by atoms with Crippen LogP contribution in [-0.2, 0) is 17.1 Å². The minimum Gasteiger partial charge on any atom is -0.400 e. The summed E-state index contributed by atoms with van der Waals surface area (Å²) in [6, 6.07) is 15.6. The molecule has 139 valence electrons. The van der Waals surface area contributed by atoms with Gasteiger partial charge in [0.25, 0.3) is 0 Å². The van der Waals surface area contributed by atoms with E-state index in [9.17, 15) is 0 Å². The van der Waals surface area contributed by atoms with E-state index in [1.807, 2.05) is 48.5 Å². The maximum Gasteiger partial charge on any atom is 2.00 e. The molecular formula is C13H14CuN4O7. The van der Waals surface area contributed by atoms with E-state index in [0.29, 0.717) is 0 Å². The number of pyridine rings is 1. The molecule has 1 N–H and O–H groups in total. The minimum atomic E-state index is -1.75. The second-order valence-electron chi connectivity index (χ2n) is 3.30. The summed E-state index contributed by atoms with van der Waals surface area (Å²) in [6.07, 6.45) is 3.52. The van der Waals surface area contributed by atoms with E-state index in [0.717, 1.165) is 18.5 Å². The van der Waals surface area contributed by atoms with E-state index in [2.05, 4.69) is 9.98 Å². The fourth-order valence-electron chi connectivity index (χ4n) is 1.11. The fourth-order valence-corrected chi connectivity index (χ4v) is 1.11. The quantitative estimate of drug-likeness (QED) is 0.343. The number of benzene rings is 1. The number of rotatable bonds is 2. The number of aliphatic hydroxyl groups excluding tert-OH is 1. The number of aliphatic hydroxyl groups is 1. The zero-order valence-electron chi connectivity index (χ0n) is 12.8. The molecule has 0 unspecified atom stereocenters. The van der Waals surface area contributed by atoms with Gasteiger partial charge in [-0.1, -0.05) is 24.3 Å². The van der Waals surface area contributed by atoms with Gasteiger partial charge in [-0.15, -0.1) is 0 Å². The van der Waals surface area contributed by atoms with Crippen molar-refractivity contribution >= 4 is 11.9 Å². The number of nitrogens with zero attached hydrogens (tertiary/aromatic N) is 4. The van der Waals surface area contributed by atoms with Crippen LogP contribution >= 0.6 is 0 Å². The van der Waals surface area contributed by atoms with Gasteiger partial charge in [0.2, 0.25) is 0 Å². The first kappa shape index (κ1) is 26.8. The molecular weight excluding hydrogens is 388 g/mol. The minimum absolute atomic E-state index is 0. The second-order valence-corrected chi connectivity index (χ2v) is 3.30. The van der Waals surface area contributed by atoms with Crippen LogP contribution in [0.25, 0.3) is 0 Å². The van der Waals surface area contributed by atoms with Gasteiger partial charge in [0, 0.05) is 13.3 Å². The molecule has 0 aliphatic heterocycles. The second kappa shape index (κ2) is 19.0. The molecule has 0 amide bonds. The molecule has 0 bridgehead atoms. The zero-order valence-corrected chi connectivity index (χ0v) is 13.7. The number of aliphatic imine (C=N–C) groups is 1. The average Bonchev–Trinajstić information content (AvgIpc) is 2.56. The Morgan fingerprint density at radius 3 is 1.76 bits per heavy atom. The summed E-state index contributed by atoms with van der Waals surface area (Å²) in [5, 5.41) is 36.5. The molecule has 1 aromatic heterocycles. The molecule has 0 saturated heterocycles. The van der Waals surface area contributed by atoms with Gasteiger partial charge in [-0.2, -0.15) is 0 Å². The van der Waals surface area contributed by atoms with Crippen molar-refractivity contribution in [2.24, 2.45) is 4.99 Å². The number of para-hydroxylation sites is 1. The Labute approximate surface area is 153 Å². The summed E-state index contributed by atoms with van der Waals surface area (Å²) in [5.41, 5.74) is 1.81. The molecule has 2 aromatic rings. The Hall–Kier alpha value is -3.08. The van der Waals surface area contributed by atoms with Gasteiger partial charge in [-0.05, 0) is 24.3 Å². The molecule has 0 saturated carbocycles. The average molecular weight is 402 g/mol. The smallest absolute Gasteiger partial charge is 0.400 e. The summed E-state index contributed by atoms with van der Waals surface area (Å²) in [4.78, 5) is 24.9. The third-order valence-corrected chi connectivity index (χ3v) is 1.79. The maximum atomic E-state index is 8.25. The van der Waals surface area contributed by atoms with Gasteiger partial charge in [-0.25, -0.2) is 0 Å². The van der Waals surface area contributed by atoms with Crippen molar-refractivity contribution < 1.29 is 32.3 Å². The number of aromatic nitrogens is 1. The molecule has 25 heavy (non-hydrogen) atoms. The van der Waals surface area contributed by atoms with Crippen LogP contribution in [0.15, 0.2) is 59.7 Å². The number of hydrogen-bond acceptors (Lipinski definition) is 9. The van der Waals surface area contributed by atoms with Crippen LogP contribution in [0.3, 0.4) is 0 Å². The number of hydrogen-bond donors (Lipinski definition) is 1. The van der Waals surface area contributed by atoms with E-state index in [4.69, 9.17) is 35.7 Å². The fraction of sp³-hybridized carbons (Fsp3) is 0.0769. The molecule has 2 rings (SSSR count). The summed E-state index contributed by atoms with van der Waals surface area (Å²) >= 11 is 0. The van der Waals surface area contributed by atoms with Gasteiger partial charge in [-0.3, -0.25) is 9.98 Å². The third kappa shape index (κ3) is 23.3. The van der Waals surface area contributed by atoms with Crippen LogP contribution < -0.4 is 0 Å². The Balaban J connectivity index is -0.000000372. The molecule has 0 atom stereocenters. The van der Waals surface area contributed by atoms with E-state index in [-0.39, 0.29) is 17.1 Å². The van der Waals surface area contributed by atoms with Crippen molar-refractivity contribution in [2.45, 2.75) is 0 Å². The van der Waals surface area contributed by atoms with Crippen LogP contribution in [0.5, 0.6) is 0 Å². The largest absolute Gasteiger partial charge is 2.00 e. The van der Waals surface area contributed by atoms with Crippen LogP contribution in [-0.4, -0.2) is 33.6 Å². The van der Waals surface area contributed by atoms with E-state index < -0.39 is 10.2 Å². The maximum absolute atomic E-state index is 8.25. The molecule has 1 heterocycles. The van der Waals surface area contributed by atoms with Crippen molar-refractivity contribution in [3.63, 3.8) is 0 Å². The summed E-state index contributed by atoms with van der Waals surface area (Å²) < 4.78 is 0. The van der Waals surface area contributed by atoms with Gasteiger partial charge in [0.15, 0.2) is 0 Å². The van der Waals surface area contributed by atoms with Crippen molar-refractivity contribution in [1.29, 1.82) is 0 Å². The van der Waals surface area contributed by atoms with Crippen molar-refractivity contribution in [2.75, 3.05) is 7.11 Å². The summed E-state index contributed by atoms with van der Waals surface area (Å²) in [7, 11) is 1.00. The first-order chi connectivity index (χ1) is 11.4. The Morgan fingerprint density at radius 1 is 0.920 bits per heavy atom. The first-order valence-corrected chi connectivity index (χ1v) is 5.99. The Kier molecular flexibility index (Phi) is 20.3. The standard InChI is InChI=1S/C12H10N2.CH4O.Cu.2NO3/c1-2-6-11(7-3-1)14-10-12-8-4-5-9-13-12;1-2;;2*2-1(3)4/h1-10H;2H,1H3;;;/q;;+2;2*-1. The van der Waals surface area contributed by atoms with Gasteiger partial charge < -0.3 is 35.7 Å². The van der Waals surface area contributed by atoms with Crippen LogP contribution in [0, 0.1) is 30.6 Å². The molecule has 0 fully saturated rings. The van der Waals surface area contributed by atoms with Crippen molar-refractivity contribution in [1.82, 2.24) is 4.98 Å². The monoisotopic (exact) mass is 401 g/mol. The topological polar surface area (TPSA) is 178 Å². The molecule has 0 aliphatic carbocycles. The van der Waals surface area contributed by atoms with E-state index in [1.54, 1.807) is 12.4 Å². The van der Waals surface area contributed by atoms with Crippen molar-refractivity contribution in [3.8, 4) is 0 Å². The summed E-state index contributed by atoms with van der Waals surface area (Å²) in [6.45, 7) is 0. The molecule has 0 spiro atoms. The zero-order chi connectivity index (χ0) is 18.8. The molecule has 0 aliphatic rings. The van der Waals surface area contributed by atoms with Crippen LogP contribution in [0.1, 0.15) is 5.69 Å². The van der Waals surface area contributed by atoms with E-state index in [1.165, 1.54) is 0 Å². The van der Waals surface area contributed by atoms with Gasteiger partial charge >= 0.3 is 17.1 Å².